The van der Waals surface area contributed by atoms with E-state index in [2.05, 4.69) is 78.6 Å². The lowest BCUT2D eigenvalue weighted by Crippen LogP contribution is -2.28. The first-order chi connectivity index (χ1) is 15.3. The van der Waals surface area contributed by atoms with Crippen molar-refractivity contribution in [2.45, 2.75) is 33.3 Å². The van der Waals surface area contributed by atoms with Crippen molar-refractivity contribution < 1.29 is 14.3 Å². The molecule has 0 unspecified atom stereocenters. The molecule has 4 heteroatoms. The third-order valence-electron chi connectivity index (χ3n) is 4.79. The van der Waals surface area contributed by atoms with Crippen molar-refractivity contribution in [1.29, 1.82) is 0 Å². The lowest BCUT2D eigenvalue weighted by molar-refractivity contribution is -0.148. The molecule has 32 heavy (non-hydrogen) atoms. The van der Waals surface area contributed by atoms with Crippen LogP contribution in [0.5, 0.6) is 0 Å². The number of carbonyl (C=O) groups excluding carboxylic acids is 1. The fourth-order valence-electron chi connectivity index (χ4n) is 3.58. The molecule has 3 aromatic rings. The molecule has 0 spiro atoms. The molecule has 0 amide bonds. The number of carbonyl (C=O) groups is 1. The normalized spacial score (nSPS) is 12.2. The van der Waals surface area contributed by atoms with Crippen LogP contribution in [-0.4, -0.2) is 24.0 Å². The van der Waals surface area contributed by atoms with Gasteiger partial charge in [-0.3, -0.25) is 0 Å². The van der Waals surface area contributed by atoms with Crippen LogP contribution in [0.4, 0.5) is 0 Å². The molecule has 0 aliphatic heterocycles. The van der Waals surface area contributed by atoms with E-state index < -0.39 is 18.5 Å². The molecular formula is C28H31O3P. The van der Waals surface area contributed by atoms with E-state index in [1.807, 2.05) is 45.9 Å². The molecule has 3 aromatic carbocycles. The SMILES string of the molecule is CCO/C(C=P(c1ccccc1)(c1ccccc1)c1ccccc1)=C/C(=O)OC(C)(C)C. The van der Waals surface area contributed by atoms with Crippen LogP contribution in [0.25, 0.3) is 0 Å². The minimum absolute atomic E-state index is 0.413. The van der Waals surface area contributed by atoms with Crippen molar-refractivity contribution in [2.24, 2.45) is 0 Å². The zero-order valence-corrected chi connectivity index (χ0v) is 20.1. The Balaban J connectivity index is 2.34. The van der Waals surface area contributed by atoms with Gasteiger partial charge >= 0.3 is 5.97 Å². The number of allylic oxidation sites excluding steroid dienone is 1. The van der Waals surface area contributed by atoms with Crippen LogP contribution in [0.1, 0.15) is 27.7 Å². The molecule has 0 aliphatic rings. The van der Waals surface area contributed by atoms with Crippen molar-refractivity contribution in [3.63, 3.8) is 0 Å². The van der Waals surface area contributed by atoms with Crippen molar-refractivity contribution >= 4 is 34.6 Å². The summed E-state index contributed by atoms with van der Waals surface area (Å²) in [5.41, 5.74) is -0.574. The van der Waals surface area contributed by atoms with Gasteiger partial charge in [-0.2, -0.15) is 0 Å². The highest BCUT2D eigenvalue weighted by molar-refractivity contribution is 7.94. The Morgan fingerprint density at radius 2 is 1.19 bits per heavy atom. The van der Waals surface area contributed by atoms with Gasteiger partial charge in [-0.1, -0.05) is 91.0 Å². The van der Waals surface area contributed by atoms with Crippen LogP contribution in [0.15, 0.2) is 103 Å². The summed E-state index contributed by atoms with van der Waals surface area (Å²) in [6.45, 7) is 5.67. The van der Waals surface area contributed by atoms with Gasteiger partial charge in [0.05, 0.1) is 12.7 Å². The molecule has 0 aromatic heterocycles. The first kappa shape index (κ1) is 23.6. The zero-order valence-electron chi connectivity index (χ0n) is 19.2. The number of ether oxygens (including phenoxy) is 2. The summed E-state index contributed by atoms with van der Waals surface area (Å²) in [5.74, 6) is 2.25. The second-order valence-corrected chi connectivity index (χ2v) is 11.6. The van der Waals surface area contributed by atoms with Gasteiger partial charge in [0.15, 0.2) is 0 Å². The van der Waals surface area contributed by atoms with E-state index in [4.69, 9.17) is 9.47 Å². The Bertz CT molecular complexity index is 992. The first-order valence-corrected chi connectivity index (χ1v) is 12.7. The molecule has 0 saturated carbocycles. The molecule has 3 nitrogen and oxygen atoms in total. The molecule has 0 aliphatic carbocycles. The molecule has 0 radical (unpaired) electrons. The maximum Gasteiger partial charge on any atom is 0.335 e. The Kier molecular flexibility index (Phi) is 7.77. The van der Waals surface area contributed by atoms with E-state index in [0.717, 1.165) is 0 Å². The topological polar surface area (TPSA) is 35.5 Å². The Morgan fingerprint density at radius 1 is 0.781 bits per heavy atom. The van der Waals surface area contributed by atoms with Crippen molar-refractivity contribution in [1.82, 2.24) is 0 Å². The lowest BCUT2D eigenvalue weighted by atomic mass is 10.2. The monoisotopic (exact) mass is 446 g/mol. The molecule has 0 bridgehead atoms. The molecule has 0 atom stereocenters. The maximum atomic E-state index is 12.7. The van der Waals surface area contributed by atoms with E-state index in [9.17, 15) is 4.79 Å². The molecule has 3 rings (SSSR count). The highest BCUT2D eigenvalue weighted by Gasteiger charge is 2.26. The minimum Gasteiger partial charge on any atom is -0.494 e. The quantitative estimate of drug-likeness (QED) is 0.221. The third-order valence-corrected chi connectivity index (χ3v) is 8.77. The number of hydrogen-bond acceptors (Lipinski definition) is 3. The van der Waals surface area contributed by atoms with Crippen molar-refractivity contribution in [3.05, 3.63) is 103 Å². The molecular weight excluding hydrogens is 415 g/mol. The summed E-state index contributed by atoms with van der Waals surface area (Å²) >= 11 is 0. The summed E-state index contributed by atoms with van der Waals surface area (Å²) in [5, 5.41) is 3.56. The van der Waals surface area contributed by atoms with Gasteiger partial charge in [0.1, 0.15) is 11.4 Å². The average molecular weight is 447 g/mol. The smallest absolute Gasteiger partial charge is 0.335 e. The summed E-state index contributed by atoms with van der Waals surface area (Å²) in [7, 11) is 0. The van der Waals surface area contributed by atoms with Crippen LogP contribution in [-0.2, 0) is 14.3 Å². The zero-order chi connectivity index (χ0) is 23.0. The van der Waals surface area contributed by atoms with Crippen LogP contribution < -0.4 is 15.9 Å². The van der Waals surface area contributed by atoms with Gasteiger partial charge in [-0.25, -0.2) is 4.79 Å². The number of esters is 1. The minimum atomic E-state index is -2.27. The van der Waals surface area contributed by atoms with Gasteiger partial charge < -0.3 is 9.47 Å². The number of hydrogen-bond donors (Lipinski definition) is 0. The summed E-state index contributed by atoms with van der Waals surface area (Å²) in [4.78, 5) is 12.7. The van der Waals surface area contributed by atoms with Gasteiger partial charge in [-0.05, 0) is 56.3 Å². The van der Waals surface area contributed by atoms with E-state index >= 15 is 0 Å². The predicted molar refractivity (Wildman–Crippen MR) is 137 cm³/mol. The van der Waals surface area contributed by atoms with Crippen LogP contribution in [0.3, 0.4) is 0 Å². The van der Waals surface area contributed by atoms with E-state index in [-0.39, 0.29) is 0 Å². The van der Waals surface area contributed by atoms with Gasteiger partial charge in [0.2, 0.25) is 0 Å². The first-order valence-electron chi connectivity index (χ1n) is 10.8. The van der Waals surface area contributed by atoms with Crippen LogP contribution >= 0.6 is 6.89 Å². The largest absolute Gasteiger partial charge is 0.494 e. The Hall–Kier alpha value is -3.03. The fraction of sp³-hybridized carbons (Fsp3) is 0.214. The second kappa shape index (κ2) is 10.5. The third kappa shape index (κ3) is 5.81. The maximum absolute atomic E-state index is 12.7. The molecule has 0 heterocycles. The molecule has 0 fully saturated rings. The predicted octanol–water partition coefficient (Wildman–Crippen LogP) is 5.04. The van der Waals surface area contributed by atoms with E-state index in [1.165, 1.54) is 22.0 Å². The highest BCUT2D eigenvalue weighted by atomic mass is 31.2. The van der Waals surface area contributed by atoms with Crippen LogP contribution in [0.2, 0.25) is 0 Å². The van der Waals surface area contributed by atoms with Gasteiger partial charge in [0, 0.05) is 0 Å². The number of rotatable bonds is 7. The number of benzene rings is 3. The van der Waals surface area contributed by atoms with E-state index in [1.54, 1.807) is 0 Å². The standard InChI is InChI=1S/C28H31O3P/c1-5-30-23(21-27(29)31-28(2,3)4)22-32(24-15-9-6-10-16-24,25-17-11-7-12-18-25)26-19-13-8-14-20-26/h6-22H,5H2,1-4H3/b23-21+. The molecule has 166 valence electrons. The Labute approximate surface area is 191 Å². The summed E-state index contributed by atoms with van der Waals surface area (Å²) in [6.07, 6.45) is 1.47. The summed E-state index contributed by atoms with van der Waals surface area (Å²) < 4.78 is 11.5. The average Bonchev–Trinajstić information content (AvgIpc) is 2.78. The molecule has 0 N–H and O–H groups in total. The Morgan fingerprint density at radius 3 is 1.53 bits per heavy atom. The van der Waals surface area contributed by atoms with Gasteiger partial charge in [0.25, 0.3) is 0 Å². The molecule has 0 saturated heterocycles. The lowest BCUT2D eigenvalue weighted by Gasteiger charge is -2.29. The van der Waals surface area contributed by atoms with Crippen molar-refractivity contribution in [2.75, 3.05) is 6.61 Å². The second-order valence-electron chi connectivity index (χ2n) is 8.37. The highest BCUT2D eigenvalue weighted by Crippen LogP contribution is 2.44. The van der Waals surface area contributed by atoms with Gasteiger partial charge in [-0.15, -0.1) is 0 Å². The van der Waals surface area contributed by atoms with Crippen LogP contribution in [0, 0.1) is 0 Å². The van der Waals surface area contributed by atoms with E-state index in [0.29, 0.717) is 12.4 Å². The van der Waals surface area contributed by atoms with Crippen molar-refractivity contribution in [3.8, 4) is 0 Å². The summed E-state index contributed by atoms with van der Waals surface area (Å²) in [6, 6.07) is 31.3. The fourth-order valence-corrected chi connectivity index (χ4v) is 7.38.